The SMILES string of the molecule is NC(Cc1cc(Br)ccc1F)c1cncs1. The molecule has 0 radical (unpaired) electrons. The summed E-state index contributed by atoms with van der Waals surface area (Å²) in [7, 11) is 0. The van der Waals surface area contributed by atoms with E-state index in [1.807, 2.05) is 0 Å². The van der Waals surface area contributed by atoms with Gasteiger partial charge in [0.25, 0.3) is 0 Å². The Labute approximate surface area is 105 Å². The zero-order valence-electron chi connectivity index (χ0n) is 8.36. The minimum Gasteiger partial charge on any atom is -0.323 e. The zero-order valence-corrected chi connectivity index (χ0v) is 10.8. The van der Waals surface area contributed by atoms with E-state index in [-0.39, 0.29) is 11.9 Å². The van der Waals surface area contributed by atoms with Gasteiger partial charge in [-0.15, -0.1) is 11.3 Å². The van der Waals surface area contributed by atoms with Crippen molar-refractivity contribution in [2.75, 3.05) is 0 Å². The fraction of sp³-hybridized carbons (Fsp3) is 0.182. The lowest BCUT2D eigenvalue weighted by Crippen LogP contribution is -2.12. The third kappa shape index (κ3) is 2.66. The number of rotatable bonds is 3. The second kappa shape index (κ2) is 5.03. The number of hydrogen-bond donors (Lipinski definition) is 1. The first-order valence-corrected chi connectivity index (χ1v) is 6.42. The Hall–Kier alpha value is -0.780. The monoisotopic (exact) mass is 300 g/mol. The van der Waals surface area contributed by atoms with Crippen molar-refractivity contribution >= 4 is 27.3 Å². The maximum atomic E-state index is 13.5. The summed E-state index contributed by atoms with van der Waals surface area (Å²) in [6, 6.07) is 4.68. The zero-order chi connectivity index (χ0) is 11.5. The number of nitrogens with two attached hydrogens (primary N) is 1. The topological polar surface area (TPSA) is 38.9 Å². The van der Waals surface area contributed by atoms with Crippen LogP contribution in [0.2, 0.25) is 0 Å². The molecule has 0 saturated carbocycles. The van der Waals surface area contributed by atoms with Gasteiger partial charge in [0.15, 0.2) is 0 Å². The van der Waals surface area contributed by atoms with Gasteiger partial charge in [-0.1, -0.05) is 15.9 Å². The molecule has 0 amide bonds. The number of halogens is 2. The van der Waals surface area contributed by atoms with Crippen LogP contribution in [0.1, 0.15) is 16.5 Å². The van der Waals surface area contributed by atoms with E-state index < -0.39 is 0 Å². The molecule has 5 heteroatoms. The second-order valence-corrected chi connectivity index (χ2v) is 5.28. The number of hydrogen-bond acceptors (Lipinski definition) is 3. The third-order valence-electron chi connectivity index (χ3n) is 2.26. The van der Waals surface area contributed by atoms with Crippen LogP contribution >= 0.6 is 27.3 Å². The molecule has 2 aromatic rings. The van der Waals surface area contributed by atoms with Gasteiger partial charge in [0.2, 0.25) is 0 Å². The Bertz CT molecular complexity index is 473. The first-order valence-electron chi connectivity index (χ1n) is 4.74. The molecule has 0 fully saturated rings. The van der Waals surface area contributed by atoms with E-state index in [1.54, 1.807) is 23.8 Å². The molecular formula is C11H10BrFN2S. The van der Waals surface area contributed by atoms with Crippen molar-refractivity contribution in [1.82, 2.24) is 4.98 Å². The average molecular weight is 301 g/mol. The summed E-state index contributed by atoms with van der Waals surface area (Å²) in [6.07, 6.45) is 2.21. The van der Waals surface area contributed by atoms with E-state index >= 15 is 0 Å². The van der Waals surface area contributed by atoms with Crippen molar-refractivity contribution in [1.29, 1.82) is 0 Å². The van der Waals surface area contributed by atoms with Crippen molar-refractivity contribution in [3.05, 3.63) is 50.6 Å². The van der Waals surface area contributed by atoms with Crippen molar-refractivity contribution < 1.29 is 4.39 Å². The maximum absolute atomic E-state index is 13.5. The lowest BCUT2D eigenvalue weighted by Gasteiger charge is -2.10. The van der Waals surface area contributed by atoms with Gasteiger partial charge in [-0.3, -0.25) is 4.98 Å². The number of aromatic nitrogens is 1. The van der Waals surface area contributed by atoms with E-state index in [9.17, 15) is 4.39 Å². The molecule has 2 N–H and O–H groups in total. The Balaban J connectivity index is 2.17. The molecule has 0 aliphatic rings. The highest BCUT2D eigenvalue weighted by Crippen LogP contribution is 2.23. The molecular weight excluding hydrogens is 291 g/mol. The van der Waals surface area contributed by atoms with Crippen molar-refractivity contribution in [2.45, 2.75) is 12.5 Å². The molecule has 0 bridgehead atoms. The van der Waals surface area contributed by atoms with E-state index in [4.69, 9.17) is 5.73 Å². The average Bonchev–Trinajstić information content (AvgIpc) is 2.76. The predicted molar refractivity (Wildman–Crippen MR) is 66.8 cm³/mol. The molecule has 0 aliphatic carbocycles. The minimum atomic E-state index is -0.219. The van der Waals surface area contributed by atoms with Gasteiger partial charge in [0.05, 0.1) is 5.51 Å². The molecule has 16 heavy (non-hydrogen) atoms. The van der Waals surface area contributed by atoms with Crippen LogP contribution in [0.3, 0.4) is 0 Å². The van der Waals surface area contributed by atoms with Crippen molar-refractivity contribution in [2.24, 2.45) is 5.73 Å². The largest absolute Gasteiger partial charge is 0.323 e. The molecule has 1 atom stereocenters. The van der Waals surface area contributed by atoms with Gasteiger partial charge in [-0.25, -0.2) is 4.39 Å². The van der Waals surface area contributed by atoms with Crippen LogP contribution in [-0.2, 0) is 6.42 Å². The highest BCUT2D eigenvalue weighted by atomic mass is 79.9. The van der Waals surface area contributed by atoms with Gasteiger partial charge >= 0.3 is 0 Å². The fourth-order valence-corrected chi connectivity index (χ4v) is 2.48. The smallest absolute Gasteiger partial charge is 0.126 e. The quantitative estimate of drug-likeness (QED) is 0.945. The predicted octanol–water partition coefficient (Wildman–Crippen LogP) is 3.29. The van der Waals surface area contributed by atoms with Gasteiger partial charge in [-0.05, 0) is 30.2 Å². The fourth-order valence-electron chi connectivity index (χ4n) is 1.45. The van der Waals surface area contributed by atoms with Gasteiger partial charge < -0.3 is 5.73 Å². The molecule has 1 aromatic carbocycles. The summed E-state index contributed by atoms with van der Waals surface area (Å²) in [4.78, 5) is 4.93. The third-order valence-corrected chi connectivity index (χ3v) is 3.67. The number of nitrogens with zero attached hydrogens (tertiary/aromatic N) is 1. The lowest BCUT2D eigenvalue weighted by molar-refractivity contribution is 0.594. The number of thiazole rings is 1. The van der Waals surface area contributed by atoms with Crippen LogP contribution in [0.25, 0.3) is 0 Å². The molecule has 0 aliphatic heterocycles. The first kappa shape index (κ1) is 11.7. The highest BCUT2D eigenvalue weighted by Gasteiger charge is 2.11. The molecule has 0 spiro atoms. The summed E-state index contributed by atoms with van der Waals surface area (Å²) >= 11 is 4.81. The molecule has 1 unspecified atom stereocenters. The van der Waals surface area contributed by atoms with Crippen LogP contribution in [0, 0.1) is 5.82 Å². The maximum Gasteiger partial charge on any atom is 0.126 e. The van der Waals surface area contributed by atoms with Crippen LogP contribution < -0.4 is 5.73 Å². The summed E-state index contributed by atoms with van der Waals surface area (Å²) in [5, 5.41) is 0. The van der Waals surface area contributed by atoms with E-state index in [0.717, 1.165) is 9.35 Å². The van der Waals surface area contributed by atoms with Crippen LogP contribution in [-0.4, -0.2) is 4.98 Å². The molecule has 1 heterocycles. The minimum absolute atomic E-state index is 0.198. The summed E-state index contributed by atoms with van der Waals surface area (Å²) < 4.78 is 14.3. The standard InChI is InChI=1S/C11H10BrFN2S/c12-8-1-2-9(13)7(3-8)4-10(14)11-5-15-6-16-11/h1-3,5-6,10H,4,14H2. The van der Waals surface area contributed by atoms with Gasteiger partial charge in [-0.2, -0.15) is 0 Å². The van der Waals surface area contributed by atoms with Crippen LogP contribution in [0.4, 0.5) is 4.39 Å². The molecule has 2 nitrogen and oxygen atoms in total. The van der Waals surface area contributed by atoms with E-state index in [1.165, 1.54) is 17.4 Å². The van der Waals surface area contributed by atoms with E-state index in [0.29, 0.717) is 12.0 Å². The summed E-state index contributed by atoms with van der Waals surface area (Å²) in [5.41, 5.74) is 8.33. The van der Waals surface area contributed by atoms with Gasteiger partial charge in [0, 0.05) is 21.6 Å². The summed E-state index contributed by atoms with van der Waals surface area (Å²) in [5.74, 6) is -0.219. The molecule has 2 rings (SSSR count). The lowest BCUT2D eigenvalue weighted by atomic mass is 10.1. The normalized spacial score (nSPS) is 12.7. The molecule has 1 aromatic heterocycles. The Kier molecular flexibility index (Phi) is 3.68. The molecule has 84 valence electrons. The van der Waals surface area contributed by atoms with Crippen LogP contribution in [0.15, 0.2) is 34.4 Å². The Morgan fingerprint density at radius 3 is 3.00 bits per heavy atom. The van der Waals surface area contributed by atoms with Crippen LogP contribution in [0.5, 0.6) is 0 Å². The first-order chi connectivity index (χ1) is 7.66. The summed E-state index contributed by atoms with van der Waals surface area (Å²) in [6.45, 7) is 0. The highest BCUT2D eigenvalue weighted by molar-refractivity contribution is 9.10. The molecule has 0 saturated heterocycles. The second-order valence-electron chi connectivity index (χ2n) is 3.45. The Morgan fingerprint density at radius 2 is 2.31 bits per heavy atom. The number of benzene rings is 1. The van der Waals surface area contributed by atoms with Crippen molar-refractivity contribution in [3.8, 4) is 0 Å². The van der Waals surface area contributed by atoms with Crippen molar-refractivity contribution in [3.63, 3.8) is 0 Å². The Morgan fingerprint density at radius 1 is 1.50 bits per heavy atom. The van der Waals surface area contributed by atoms with E-state index in [2.05, 4.69) is 20.9 Å². The van der Waals surface area contributed by atoms with Gasteiger partial charge in [0.1, 0.15) is 5.82 Å².